The first-order chi connectivity index (χ1) is 20.8. The number of esters is 2. The van der Waals surface area contributed by atoms with Crippen molar-refractivity contribution in [3.8, 4) is 28.4 Å². The molecule has 1 N–H and O–H groups in total. The number of nitrogens with zero attached hydrogens (tertiary/aromatic N) is 1. The van der Waals surface area contributed by atoms with Gasteiger partial charge < -0.3 is 29.0 Å². The molecular formula is C33H38N2O8. The Bertz CT molecular complexity index is 1380. The molecule has 2 aromatic carbocycles. The van der Waals surface area contributed by atoms with Gasteiger partial charge in [-0.2, -0.15) is 0 Å². The van der Waals surface area contributed by atoms with Gasteiger partial charge in [-0.1, -0.05) is 49.4 Å². The SMILES string of the molecule is CCCOC1CCCC(NC(=O)c2nccc(OC)c2OC(C)=O)C(=O)OC(C)C1Oc1ccc(-c2ccccc2)cc1. The number of benzene rings is 2. The minimum Gasteiger partial charge on any atom is -0.493 e. The van der Waals surface area contributed by atoms with Gasteiger partial charge >= 0.3 is 11.9 Å². The van der Waals surface area contributed by atoms with Crippen LogP contribution in [-0.2, 0) is 19.1 Å². The lowest BCUT2D eigenvalue weighted by molar-refractivity contribution is -0.159. The van der Waals surface area contributed by atoms with Crippen LogP contribution in [0.3, 0.4) is 0 Å². The lowest BCUT2D eigenvalue weighted by Gasteiger charge is -2.31. The number of methoxy groups -OCH3 is 1. The van der Waals surface area contributed by atoms with Gasteiger partial charge in [0.1, 0.15) is 17.9 Å². The summed E-state index contributed by atoms with van der Waals surface area (Å²) in [7, 11) is 1.38. The Labute approximate surface area is 251 Å². The average molecular weight is 591 g/mol. The molecule has 2 heterocycles. The van der Waals surface area contributed by atoms with Crippen LogP contribution < -0.4 is 19.5 Å². The monoisotopic (exact) mass is 590 g/mol. The van der Waals surface area contributed by atoms with Crippen LogP contribution in [0.1, 0.15) is 56.9 Å². The highest BCUT2D eigenvalue weighted by Gasteiger charge is 2.37. The van der Waals surface area contributed by atoms with Crippen LogP contribution >= 0.6 is 0 Å². The fourth-order valence-corrected chi connectivity index (χ4v) is 4.93. The van der Waals surface area contributed by atoms with Crippen molar-refractivity contribution in [2.24, 2.45) is 0 Å². The van der Waals surface area contributed by atoms with Gasteiger partial charge in [0, 0.05) is 25.8 Å². The minimum atomic E-state index is -0.969. The zero-order valence-corrected chi connectivity index (χ0v) is 24.9. The van der Waals surface area contributed by atoms with Crippen LogP contribution in [-0.4, -0.2) is 60.9 Å². The van der Waals surface area contributed by atoms with Gasteiger partial charge in [-0.05, 0) is 55.9 Å². The molecular weight excluding hydrogens is 552 g/mol. The van der Waals surface area contributed by atoms with Crippen LogP contribution in [0.25, 0.3) is 11.1 Å². The molecule has 1 aromatic heterocycles. The van der Waals surface area contributed by atoms with E-state index in [0.29, 0.717) is 31.6 Å². The maximum absolute atomic E-state index is 13.3. The van der Waals surface area contributed by atoms with E-state index in [9.17, 15) is 14.4 Å². The molecule has 0 radical (unpaired) electrons. The van der Waals surface area contributed by atoms with E-state index in [-0.39, 0.29) is 23.3 Å². The number of hydrogen-bond acceptors (Lipinski definition) is 9. The Kier molecular flexibility index (Phi) is 11.1. The molecule has 4 unspecified atom stereocenters. The Morgan fingerprint density at radius 2 is 1.74 bits per heavy atom. The van der Waals surface area contributed by atoms with Crippen molar-refractivity contribution >= 4 is 17.8 Å². The van der Waals surface area contributed by atoms with Crippen LogP contribution in [0, 0.1) is 0 Å². The molecule has 0 spiro atoms. The van der Waals surface area contributed by atoms with E-state index in [1.807, 2.05) is 61.5 Å². The van der Waals surface area contributed by atoms with E-state index in [2.05, 4.69) is 10.3 Å². The third-order valence-corrected chi connectivity index (χ3v) is 7.02. The van der Waals surface area contributed by atoms with Crippen molar-refractivity contribution in [2.45, 2.75) is 70.8 Å². The molecule has 4 rings (SSSR count). The molecule has 10 nitrogen and oxygen atoms in total. The molecule has 1 amide bonds. The standard InChI is InChI=1S/C33H38N2O8/c1-5-20-40-28-13-9-12-26(35-32(37)29-31(42-22(3)36)27(39-4)18-19-34-29)33(38)41-21(2)30(28)43-25-16-14-24(15-17-25)23-10-7-6-8-11-23/h6-8,10-11,14-19,21,26,28,30H,5,9,12-13,20H2,1-4H3,(H,35,37). The zero-order chi connectivity index (χ0) is 30.8. The van der Waals surface area contributed by atoms with Gasteiger partial charge in [0.15, 0.2) is 17.5 Å². The summed E-state index contributed by atoms with van der Waals surface area (Å²) in [5.74, 6) is -1.29. The molecule has 0 bridgehead atoms. The first-order valence-corrected chi connectivity index (χ1v) is 14.5. The number of carbonyl (C=O) groups is 3. The number of ether oxygens (including phenoxy) is 5. The number of pyridine rings is 1. The smallest absolute Gasteiger partial charge is 0.329 e. The summed E-state index contributed by atoms with van der Waals surface area (Å²) < 4.78 is 28.9. The lowest BCUT2D eigenvalue weighted by atomic mass is 10.0. The van der Waals surface area contributed by atoms with E-state index >= 15 is 0 Å². The Morgan fingerprint density at radius 1 is 1.02 bits per heavy atom. The summed E-state index contributed by atoms with van der Waals surface area (Å²) >= 11 is 0. The van der Waals surface area contributed by atoms with Crippen molar-refractivity contribution < 1.29 is 38.1 Å². The van der Waals surface area contributed by atoms with E-state index in [1.165, 1.54) is 26.3 Å². The summed E-state index contributed by atoms with van der Waals surface area (Å²) in [6.45, 7) is 5.52. The van der Waals surface area contributed by atoms with Crippen molar-refractivity contribution in [3.05, 3.63) is 72.6 Å². The number of cyclic esters (lactones) is 1. The topological polar surface area (TPSA) is 122 Å². The van der Waals surface area contributed by atoms with E-state index in [4.69, 9.17) is 23.7 Å². The maximum Gasteiger partial charge on any atom is 0.329 e. The predicted octanol–water partition coefficient (Wildman–Crippen LogP) is 5.14. The van der Waals surface area contributed by atoms with Crippen molar-refractivity contribution in [1.82, 2.24) is 10.3 Å². The fourth-order valence-electron chi connectivity index (χ4n) is 4.93. The van der Waals surface area contributed by atoms with Crippen LogP contribution in [0.2, 0.25) is 0 Å². The molecule has 10 heteroatoms. The van der Waals surface area contributed by atoms with Crippen molar-refractivity contribution in [2.75, 3.05) is 13.7 Å². The number of aromatic nitrogens is 1. The van der Waals surface area contributed by atoms with Crippen molar-refractivity contribution in [3.63, 3.8) is 0 Å². The van der Waals surface area contributed by atoms with Gasteiger partial charge in [-0.25, -0.2) is 9.78 Å². The number of hydrogen-bond donors (Lipinski definition) is 1. The highest BCUT2D eigenvalue weighted by atomic mass is 16.6. The molecule has 1 aliphatic rings. The second-order valence-corrected chi connectivity index (χ2v) is 10.3. The highest BCUT2D eigenvalue weighted by Crippen LogP contribution is 2.30. The van der Waals surface area contributed by atoms with Crippen molar-refractivity contribution in [1.29, 1.82) is 0 Å². The molecule has 1 saturated heterocycles. The first-order valence-electron chi connectivity index (χ1n) is 14.5. The van der Waals surface area contributed by atoms with Gasteiger partial charge in [0.2, 0.25) is 5.75 Å². The molecule has 3 aromatic rings. The molecule has 228 valence electrons. The number of rotatable bonds is 10. The molecule has 0 aliphatic carbocycles. The quantitative estimate of drug-likeness (QED) is 0.320. The number of carbonyl (C=O) groups excluding carboxylic acids is 3. The summed E-state index contributed by atoms with van der Waals surface area (Å²) in [4.78, 5) is 42.3. The highest BCUT2D eigenvalue weighted by molar-refractivity contribution is 5.98. The van der Waals surface area contributed by atoms with Crippen LogP contribution in [0.4, 0.5) is 0 Å². The Morgan fingerprint density at radius 3 is 2.42 bits per heavy atom. The molecule has 1 fully saturated rings. The lowest BCUT2D eigenvalue weighted by Crippen LogP contribution is -2.46. The summed E-state index contributed by atoms with van der Waals surface area (Å²) in [6, 6.07) is 18.3. The molecule has 4 atom stereocenters. The molecule has 0 saturated carbocycles. The third kappa shape index (κ3) is 8.32. The Hall–Kier alpha value is -4.44. The average Bonchev–Trinajstić information content (AvgIpc) is 3.05. The van der Waals surface area contributed by atoms with Gasteiger partial charge in [0.05, 0.1) is 13.2 Å². The summed E-state index contributed by atoms with van der Waals surface area (Å²) in [5.41, 5.74) is 1.97. The predicted molar refractivity (Wildman–Crippen MR) is 159 cm³/mol. The Balaban J connectivity index is 1.51. The third-order valence-electron chi connectivity index (χ3n) is 7.02. The largest absolute Gasteiger partial charge is 0.493 e. The first kappa shape index (κ1) is 31.5. The van der Waals surface area contributed by atoms with E-state index < -0.39 is 36.1 Å². The van der Waals surface area contributed by atoms with Crippen LogP contribution in [0.15, 0.2) is 66.9 Å². The maximum atomic E-state index is 13.3. The summed E-state index contributed by atoms with van der Waals surface area (Å²) in [5, 5.41) is 2.71. The van der Waals surface area contributed by atoms with E-state index in [1.54, 1.807) is 6.92 Å². The summed E-state index contributed by atoms with van der Waals surface area (Å²) in [6.07, 6.45) is 1.99. The second-order valence-electron chi connectivity index (χ2n) is 10.3. The number of amides is 1. The minimum absolute atomic E-state index is 0.125. The zero-order valence-electron chi connectivity index (χ0n) is 24.9. The fraction of sp³-hybridized carbons (Fsp3) is 0.394. The van der Waals surface area contributed by atoms with Gasteiger partial charge in [0.25, 0.3) is 5.91 Å². The normalized spacial score (nSPS) is 20.5. The molecule has 43 heavy (non-hydrogen) atoms. The molecule has 1 aliphatic heterocycles. The van der Waals surface area contributed by atoms with Gasteiger partial charge in [-0.3, -0.25) is 9.59 Å². The van der Waals surface area contributed by atoms with E-state index in [0.717, 1.165) is 17.5 Å². The van der Waals surface area contributed by atoms with Gasteiger partial charge in [-0.15, -0.1) is 0 Å². The van der Waals surface area contributed by atoms with Crippen LogP contribution in [0.5, 0.6) is 17.2 Å². The second kappa shape index (κ2) is 15.2. The number of nitrogens with one attached hydrogen (secondary N) is 1.